The van der Waals surface area contributed by atoms with Gasteiger partial charge in [0.2, 0.25) is 0 Å². The highest BCUT2D eigenvalue weighted by molar-refractivity contribution is 9.10. The molecule has 0 aromatic carbocycles. The number of alkyl halides is 5. The lowest BCUT2D eigenvalue weighted by molar-refractivity contribution is -0.138. The largest absolute Gasteiger partial charge is 0.418 e. The van der Waals surface area contributed by atoms with E-state index >= 15 is 0 Å². The lowest BCUT2D eigenvalue weighted by Crippen LogP contribution is -2.08. The Hall–Kier alpha value is -0.720. The molecular formula is C7H3BrF5N. The molecule has 7 heteroatoms. The minimum Gasteiger partial charge on any atom is -0.264 e. The van der Waals surface area contributed by atoms with Gasteiger partial charge in [-0.1, -0.05) is 0 Å². The Kier molecular flexibility index (Phi) is 3.08. The first-order chi connectivity index (χ1) is 6.34. The second kappa shape index (κ2) is 3.80. The van der Waals surface area contributed by atoms with Crippen LogP contribution in [-0.2, 0) is 6.18 Å². The lowest BCUT2D eigenvalue weighted by atomic mass is 10.2. The van der Waals surface area contributed by atoms with Crippen molar-refractivity contribution in [1.29, 1.82) is 0 Å². The van der Waals surface area contributed by atoms with E-state index in [-0.39, 0.29) is 0 Å². The normalized spacial score (nSPS) is 12.2. The fourth-order valence-corrected chi connectivity index (χ4v) is 1.41. The van der Waals surface area contributed by atoms with Crippen LogP contribution in [0.15, 0.2) is 16.9 Å². The Balaban J connectivity index is 3.28. The van der Waals surface area contributed by atoms with Crippen LogP contribution in [0.1, 0.15) is 17.6 Å². The molecule has 1 nitrogen and oxygen atoms in total. The van der Waals surface area contributed by atoms with E-state index in [1.807, 2.05) is 0 Å². The standard InChI is InChI=1S/C7H3BrF5N/c8-5-3(6(9)10)1-14-2-4(5)7(11,12)13/h1-2,6H. The molecule has 0 N–H and O–H groups in total. The van der Waals surface area contributed by atoms with Gasteiger partial charge in [0.1, 0.15) is 0 Å². The zero-order valence-electron chi connectivity index (χ0n) is 6.45. The number of halogens is 6. The number of hydrogen-bond donors (Lipinski definition) is 0. The molecule has 1 heterocycles. The first kappa shape index (κ1) is 11.4. The summed E-state index contributed by atoms with van der Waals surface area (Å²) in [4.78, 5) is 3.10. The third kappa shape index (κ3) is 2.20. The molecule has 0 saturated heterocycles. The van der Waals surface area contributed by atoms with Gasteiger partial charge in [0.05, 0.1) is 11.1 Å². The van der Waals surface area contributed by atoms with Crippen molar-refractivity contribution in [1.82, 2.24) is 4.98 Å². The summed E-state index contributed by atoms with van der Waals surface area (Å²) in [6.07, 6.45) is -6.48. The van der Waals surface area contributed by atoms with Gasteiger partial charge in [0.15, 0.2) is 0 Å². The summed E-state index contributed by atoms with van der Waals surface area (Å²) in [5.41, 5.74) is -1.96. The van der Waals surface area contributed by atoms with Crippen LogP contribution in [0.25, 0.3) is 0 Å². The summed E-state index contributed by atoms with van der Waals surface area (Å²) in [6, 6.07) is 0. The van der Waals surface area contributed by atoms with Crippen LogP contribution < -0.4 is 0 Å². The molecule has 0 aliphatic carbocycles. The SMILES string of the molecule is FC(F)c1cncc(C(F)(F)F)c1Br. The molecule has 1 aromatic rings. The van der Waals surface area contributed by atoms with Gasteiger partial charge in [0.25, 0.3) is 6.43 Å². The van der Waals surface area contributed by atoms with Gasteiger partial charge in [-0.15, -0.1) is 0 Å². The minimum atomic E-state index is -4.68. The molecule has 1 rings (SSSR count). The van der Waals surface area contributed by atoms with E-state index in [1.165, 1.54) is 0 Å². The number of aromatic nitrogens is 1. The van der Waals surface area contributed by atoms with Crippen LogP contribution in [0.5, 0.6) is 0 Å². The minimum absolute atomic E-state index is 0.496. The Morgan fingerprint density at radius 1 is 1.21 bits per heavy atom. The Labute approximate surface area is 84.1 Å². The molecule has 0 radical (unpaired) electrons. The molecule has 0 fully saturated rings. The van der Waals surface area contributed by atoms with Crippen LogP contribution in [-0.4, -0.2) is 4.98 Å². The van der Waals surface area contributed by atoms with Gasteiger partial charge >= 0.3 is 6.18 Å². The van der Waals surface area contributed by atoms with Gasteiger partial charge in [-0.2, -0.15) is 13.2 Å². The van der Waals surface area contributed by atoms with Gasteiger partial charge in [0, 0.05) is 16.9 Å². The summed E-state index contributed by atoms with van der Waals surface area (Å²) >= 11 is 2.48. The molecule has 78 valence electrons. The monoisotopic (exact) mass is 275 g/mol. The van der Waals surface area contributed by atoms with E-state index in [0.717, 1.165) is 0 Å². The van der Waals surface area contributed by atoms with E-state index in [4.69, 9.17) is 0 Å². The molecule has 0 aliphatic rings. The highest BCUT2D eigenvalue weighted by Crippen LogP contribution is 2.38. The lowest BCUT2D eigenvalue weighted by Gasteiger charge is -2.10. The van der Waals surface area contributed by atoms with Crippen LogP contribution in [0, 0.1) is 0 Å². The summed E-state index contributed by atoms with van der Waals surface area (Å²) in [5.74, 6) is 0. The average molecular weight is 276 g/mol. The third-order valence-electron chi connectivity index (χ3n) is 1.45. The van der Waals surface area contributed by atoms with E-state index in [9.17, 15) is 22.0 Å². The summed E-state index contributed by atoms with van der Waals surface area (Å²) in [5, 5.41) is 0. The zero-order valence-corrected chi connectivity index (χ0v) is 8.03. The second-order valence-corrected chi connectivity index (χ2v) is 3.18. The first-order valence-corrected chi connectivity index (χ1v) is 4.12. The topological polar surface area (TPSA) is 12.9 Å². The molecule has 1 aromatic heterocycles. The van der Waals surface area contributed by atoms with Crippen molar-refractivity contribution in [2.75, 3.05) is 0 Å². The molecule has 0 bridgehead atoms. The highest BCUT2D eigenvalue weighted by Gasteiger charge is 2.35. The average Bonchev–Trinajstić information content (AvgIpc) is 2.01. The van der Waals surface area contributed by atoms with Crippen molar-refractivity contribution < 1.29 is 22.0 Å². The Morgan fingerprint density at radius 2 is 1.79 bits per heavy atom. The number of nitrogens with zero attached hydrogens (tertiary/aromatic N) is 1. The number of hydrogen-bond acceptors (Lipinski definition) is 1. The summed E-state index contributed by atoms with van der Waals surface area (Å²) in [7, 11) is 0. The van der Waals surface area contributed by atoms with Crippen molar-refractivity contribution in [2.24, 2.45) is 0 Å². The maximum Gasteiger partial charge on any atom is 0.418 e. The smallest absolute Gasteiger partial charge is 0.264 e. The predicted octanol–water partition coefficient (Wildman–Crippen LogP) is 3.80. The van der Waals surface area contributed by atoms with Gasteiger partial charge in [-0.05, 0) is 15.9 Å². The van der Waals surface area contributed by atoms with Crippen LogP contribution >= 0.6 is 15.9 Å². The molecule has 0 spiro atoms. The molecule has 14 heavy (non-hydrogen) atoms. The van der Waals surface area contributed by atoms with Crippen molar-refractivity contribution >= 4 is 15.9 Å². The van der Waals surface area contributed by atoms with E-state index in [0.29, 0.717) is 12.4 Å². The van der Waals surface area contributed by atoms with Gasteiger partial charge < -0.3 is 0 Å². The van der Waals surface area contributed by atoms with Crippen molar-refractivity contribution in [2.45, 2.75) is 12.6 Å². The highest BCUT2D eigenvalue weighted by atomic mass is 79.9. The number of pyridine rings is 1. The van der Waals surface area contributed by atoms with Crippen LogP contribution in [0.3, 0.4) is 0 Å². The maximum atomic E-state index is 12.2. The maximum absolute atomic E-state index is 12.2. The van der Waals surface area contributed by atoms with Crippen molar-refractivity contribution in [3.05, 3.63) is 28.0 Å². The Morgan fingerprint density at radius 3 is 2.21 bits per heavy atom. The second-order valence-electron chi connectivity index (χ2n) is 2.39. The predicted molar refractivity (Wildman–Crippen MR) is 41.9 cm³/mol. The molecule has 0 atom stereocenters. The fourth-order valence-electron chi connectivity index (χ4n) is 0.811. The molecule has 0 unspecified atom stereocenters. The van der Waals surface area contributed by atoms with E-state index < -0.39 is 28.2 Å². The Bertz CT molecular complexity index is 335. The summed E-state index contributed by atoms with van der Waals surface area (Å²) in [6.45, 7) is 0. The molecule has 0 amide bonds. The quantitative estimate of drug-likeness (QED) is 0.711. The van der Waals surface area contributed by atoms with Crippen molar-refractivity contribution in [3.8, 4) is 0 Å². The first-order valence-electron chi connectivity index (χ1n) is 3.32. The molecule has 0 saturated carbocycles. The fraction of sp³-hybridized carbons (Fsp3) is 0.286. The summed E-state index contributed by atoms with van der Waals surface area (Å²) < 4.78 is 60.2. The van der Waals surface area contributed by atoms with Crippen molar-refractivity contribution in [3.63, 3.8) is 0 Å². The molecular weight excluding hydrogens is 273 g/mol. The van der Waals surface area contributed by atoms with E-state index in [2.05, 4.69) is 20.9 Å². The van der Waals surface area contributed by atoms with E-state index in [1.54, 1.807) is 0 Å². The molecule has 0 aliphatic heterocycles. The van der Waals surface area contributed by atoms with Gasteiger partial charge in [-0.25, -0.2) is 8.78 Å². The van der Waals surface area contributed by atoms with Gasteiger partial charge in [-0.3, -0.25) is 4.98 Å². The number of rotatable bonds is 1. The van der Waals surface area contributed by atoms with Crippen LogP contribution in [0.2, 0.25) is 0 Å². The third-order valence-corrected chi connectivity index (χ3v) is 2.33. The van der Waals surface area contributed by atoms with Crippen LogP contribution in [0.4, 0.5) is 22.0 Å². The zero-order chi connectivity index (χ0) is 10.9.